The number of para-hydroxylation sites is 1. The Morgan fingerprint density at radius 2 is 1.84 bits per heavy atom. The first-order valence-corrected chi connectivity index (χ1v) is 12.5. The molecule has 0 atom stereocenters. The molecule has 2 N–H and O–H groups in total. The van der Waals surface area contributed by atoms with Crippen molar-refractivity contribution in [2.75, 3.05) is 22.9 Å². The number of carbonyl (C=O) groups excluding carboxylic acids is 1. The van der Waals surface area contributed by atoms with Crippen molar-refractivity contribution in [1.82, 2.24) is 15.0 Å². The topological polar surface area (TPSA) is 123 Å². The Kier molecular flexibility index (Phi) is 6.53. The van der Waals surface area contributed by atoms with Gasteiger partial charge in [0.15, 0.2) is 4.34 Å². The smallest absolute Gasteiger partial charge is 0.263 e. The highest BCUT2D eigenvalue weighted by atomic mass is 32.2. The summed E-state index contributed by atoms with van der Waals surface area (Å²) >= 11 is 2.88. The number of thioether (sulfide) groups is 1. The van der Waals surface area contributed by atoms with Crippen molar-refractivity contribution in [3.05, 3.63) is 60.9 Å². The maximum absolute atomic E-state index is 12.6. The number of sulfonamides is 1. The Hall–Kier alpha value is -3.22. The first-order chi connectivity index (χ1) is 15.4. The largest absolute Gasteiger partial charge is 0.478 e. The number of methoxy groups -OCH3 is 1. The van der Waals surface area contributed by atoms with Crippen molar-refractivity contribution in [2.24, 2.45) is 0 Å². The summed E-state index contributed by atoms with van der Waals surface area (Å²) < 4.78 is 34.4. The number of rotatable bonds is 8. The van der Waals surface area contributed by atoms with Gasteiger partial charge >= 0.3 is 0 Å². The summed E-state index contributed by atoms with van der Waals surface area (Å²) in [6.45, 7) is 0. The summed E-state index contributed by atoms with van der Waals surface area (Å²) in [5, 5.41) is 2.75. The molecule has 0 bridgehead atoms. The van der Waals surface area contributed by atoms with Crippen LogP contribution in [0.25, 0.3) is 10.2 Å². The third-order valence-corrected chi connectivity index (χ3v) is 7.67. The number of amides is 1. The van der Waals surface area contributed by atoms with E-state index in [0.29, 0.717) is 5.69 Å². The fourth-order valence-electron chi connectivity index (χ4n) is 2.69. The van der Waals surface area contributed by atoms with Crippen LogP contribution >= 0.6 is 23.1 Å². The Balaban J connectivity index is 1.36. The van der Waals surface area contributed by atoms with Crippen LogP contribution in [-0.2, 0) is 14.8 Å². The summed E-state index contributed by atoms with van der Waals surface area (Å²) in [6, 6.07) is 13.6. The molecule has 0 unspecified atom stereocenters. The van der Waals surface area contributed by atoms with Crippen molar-refractivity contribution in [1.29, 1.82) is 0 Å². The lowest BCUT2D eigenvalue weighted by Gasteiger charge is -2.10. The Labute approximate surface area is 192 Å². The predicted molar refractivity (Wildman–Crippen MR) is 125 cm³/mol. The van der Waals surface area contributed by atoms with Gasteiger partial charge in [0.2, 0.25) is 11.7 Å². The van der Waals surface area contributed by atoms with Gasteiger partial charge in [0.25, 0.3) is 15.9 Å². The van der Waals surface area contributed by atoms with Gasteiger partial charge in [0.1, 0.15) is 0 Å². The molecule has 2 aromatic heterocycles. The van der Waals surface area contributed by atoms with Crippen molar-refractivity contribution in [3.8, 4) is 5.88 Å². The molecule has 4 aromatic rings. The minimum Gasteiger partial charge on any atom is -0.478 e. The van der Waals surface area contributed by atoms with Crippen LogP contribution in [0.3, 0.4) is 0 Å². The SMILES string of the molecule is COc1nccnc1NS(=O)(=O)c1ccc(NC(=O)CSc2nc3ccccc3s2)cc1. The average Bonchev–Trinajstić information content (AvgIpc) is 3.21. The Morgan fingerprint density at radius 1 is 1.09 bits per heavy atom. The highest BCUT2D eigenvalue weighted by Crippen LogP contribution is 2.29. The molecule has 0 saturated carbocycles. The van der Waals surface area contributed by atoms with Gasteiger partial charge in [-0.2, -0.15) is 0 Å². The Morgan fingerprint density at radius 3 is 2.59 bits per heavy atom. The number of anilines is 2. The van der Waals surface area contributed by atoms with Gasteiger partial charge in [-0.1, -0.05) is 23.9 Å². The number of hydrogen-bond acceptors (Lipinski definition) is 9. The summed E-state index contributed by atoms with van der Waals surface area (Å²) in [6.07, 6.45) is 2.74. The van der Waals surface area contributed by atoms with E-state index in [1.54, 1.807) is 0 Å². The molecule has 0 saturated heterocycles. The molecular formula is C20H17N5O4S3. The van der Waals surface area contributed by atoms with Crippen LogP contribution in [-0.4, -0.2) is 42.1 Å². The second-order valence-corrected chi connectivity index (χ2v) is 10.3. The lowest BCUT2D eigenvalue weighted by atomic mass is 10.3. The molecule has 0 aliphatic heterocycles. The van der Waals surface area contributed by atoms with E-state index in [2.05, 4.69) is 25.0 Å². The molecule has 1 amide bonds. The van der Waals surface area contributed by atoms with Crippen molar-refractivity contribution >= 4 is 60.8 Å². The third kappa shape index (κ3) is 5.15. The lowest BCUT2D eigenvalue weighted by molar-refractivity contribution is -0.113. The first-order valence-electron chi connectivity index (χ1n) is 9.21. The molecular weight excluding hydrogens is 470 g/mol. The van der Waals surface area contributed by atoms with Crippen LogP contribution in [0.15, 0.2) is 70.2 Å². The van der Waals surface area contributed by atoms with E-state index < -0.39 is 10.0 Å². The monoisotopic (exact) mass is 487 g/mol. The van der Waals surface area contributed by atoms with E-state index in [1.807, 2.05) is 24.3 Å². The highest BCUT2D eigenvalue weighted by Gasteiger charge is 2.18. The molecule has 9 nitrogen and oxygen atoms in total. The van der Waals surface area contributed by atoms with Gasteiger partial charge in [-0.25, -0.2) is 23.4 Å². The van der Waals surface area contributed by atoms with Gasteiger partial charge in [-0.3, -0.25) is 9.52 Å². The number of aromatic nitrogens is 3. The average molecular weight is 488 g/mol. The van der Waals surface area contributed by atoms with E-state index in [1.165, 1.54) is 66.9 Å². The third-order valence-electron chi connectivity index (χ3n) is 4.14. The molecule has 4 rings (SSSR count). The Bertz CT molecular complexity index is 1320. The zero-order valence-corrected chi connectivity index (χ0v) is 19.1. The molecule has 2 aromatic carbocycles. The number of hydrogen-bond donors (Lipinski definition) is 2. The normalized spacial score (nSPS) is 11.3. The number of thiazole rings is 1. The van der Waals surface area contributed by atoms with Crippen LogP contribution in [0.4, 0.5) is 11.5 Å². The summed E-state index contributed by atoms with van der Waals surface area (Å²) in [7, 11) is -2.54. The maximum Gasteiger partial charge on any atom is 0.263 e. The quantitative estimate of drug-likeness (QED) is 0.361. The van der Waals surface area contributed by atoms with Crippen LogP contribution < -0.4 is 14.8 Å². The number of ether oxygens (including phenoxy) is 1. The number of nitrogens with one attached hydrogen (secondary N) is 2. The molecule has 2 heterocycles. The van der Waals surface area contributed by atoms with E-state index in [9.17, 15) is 13.2 Å². The van der Waals surface area contributed by atoms with Gasteiger partial charge < -0.3 is 10.1 Å². The van der Waals surface area contributed by atoms with Crippen LogP contribution in [0.5, 0.6) is 5.88 Å². The summed E-state index contributed by atoms with van der Waals surface area (Å²) in [5.74, 6) is 0.0191. The minimum absolute atomic E-state index is 0.00653. The second-order valence-electron chi connectivity index (χ2n) is 6.33. The molecule has 32 heavy (non-hydrogen) atoms. The molecule has 12 heteroatoms. The highest BCUT2D eigenvalue weighted by molar-refractivity contribution is 8.01. The zero-order valence-electron chi connectivity index (χ0n) is 16.7. The number of benzene rings is 2. The van der Waals surface area contributed by atoms with Crippen LogP contribution in [0, 0.1) is 0 Å². The summed E-state index contributed by atoms with van der Waals surface area (Å²) in [4.78, 5) is 24.6. The number of fused-ring (bicyclic) bond motifs is 1. The number of carbonyl (C=O) groups is 1. The zero-order chi connectivity index (χ0) is 22.6. The van der Waals surface area contributed by atoms with Gasteiger partial charge in [0.05, 0.1) is 28.0 Å². The fraction of sp³-hybridized carbons (Fsp3) is 0.100. The van der Waals surface area contributed by atoms with Gasteiger partial charge in [0, 0.05) is 18.1 Å². The van der Waals surface area contributed by atoms with Crippen molar-refractivity contribution in [3.63, 3.8) is 0 Å². The molecule has 0 radical (unpaired) electrons. The summed E-state index contributed by atoms with van der Waals surface area (Å²) in [5.41, 5.74) is 1.39. The van der Waals surface area contributed by atoms with Gasteiger partial charge in [-0.05, 0) is 36.4 Å². The maximum atomic E-state index is 12.6. The van der Waals surface area contributed by atoms with E-state index in [-0.39, 0.29) is 28.3 Å². The van der Waals surface area contributed by atoms with Crippen molar-refractivity contribution < 1.29 is 17.9 Å². The van der Waals surface area contributed by atoms with Crippen LogP contribution in [0.2, 0.25) is 0 Å². The minimum atomic E-state index is -3.91. The molecule has 164 valence electrons. The van der Waals surface area contributed by atoms with Gasteiger partial charge in [-0.15, -0.1) is 11.3 Å². The first kappa shape index (κ1) is 22.0. The predicted octanol–water partition coefficient (Wildman–Crippen LogP) is 3.63. The molecule has 0 aliphatic rings. The standard InChI is InChI=1S/C20H17N5O4S3/c1-29-19-18(21-10-11-22-19)25-32(27,28)14-8-6-13(7-9-14)23-17(26)12-30-20-24-15-4-2-3-5-16(15)31-20/h2-11H,12H2,1H3,(H,21,25)(H,23,26). The molecule has 0 aliphatic carbocycles. The second kappa shape index (κ2) is 9.51. The number of nitrogens with zero attached hydrogens (tertiary/aromatic N) is 3. The molecule has 0 spiro atoms. The molecule has 0 fully saturated rings. The van der Waals surface area contributed by atoms with Crippen molar-refractivity contribution in [2.45, 2.75) is 9.24 Å². The lowest BCUT2D eigenvalue weighted by Crippen LogP contribution is -2.16. The fourth-order valence-corrected chi connectivity index (χ4v) is 5.56. The van der Waals surface area contributed by atoms with E-state index in [0.717, 1.165) is 14.6 Å². The van der Waals surface area contributed by atoms with E-state index >= 15 is 0 Å². The van der Waals surface area contributed by atoms with E-state index in [4.69, 9.17) is 4.74 Å². The van der Waals surface area contributed by atoms with Crippen LogP contribution in [0.1, 0.15) is 0 Å².